The van der Waals surface area contributed by atoms with Crippen LogP contribution in [-0.2, 0) is 9.63 Å². The number of amides is 2. The zero-order valence-corrected chi connectivity index (χ0v) is 10.9. The average molecular weight is 321 g/mol. The van der Waals surface area contributed by atoms with Crippen molar-refractivity contribution in [3.8, 4) is 0 Å². The van der Waals surface area contributed by atoms with Crippen LogP contribution < -0.4 is 10.8 Å². The van der Waals surface area contributed by atoms with E-state index in [2.05, 4.69) is 26.1 Å². The number of carboxylic acids is 1. The zero-order valence-electron chi connectivity index (χ0n) is 9.29. The number of nitrogens with one attached hydrogen (secondary N) is 2. The largest absolute Gasteiger partial charge is 0.479 e. The summed E-state index contributed by atoms with van der Waals surface area (Å²) < 4.78 is 13.5. The summed E-state index contributed by atoms with van der Waals surface area (Å²) in [5.41, 5.74) is 2.75. The smallest absolute Gasteiger partial charge is 0.343 e. The van der Waals surface area contributed by atoms with Gasteiger partial charge in [0.1, 0.15) is 5.82 Å². The first-order valence-electron chi connectivity index (χ1n) is 4.76. The highest BCUT2D eigenvalue weighted by atomic mass is 79.9. The minimum atomic E-state index is -1.22. The number of rotatable bonds is 4. The van der Waals surface area contributed by atoms with Crippen molar-refractivity contribution < 1.29 is 23.9 Å². The Morgan fingerprint density at radius 1 is 1.50 bits per heavy atom. The summed E-state index contributed by atoms with van der Waals surface area (Å²) in [5.74, 6) is -1.75. The van der Waals surface area contributed by atoms with Gasteiger partial charge < -0.3 is 10.4 Å². The lowest BCUT2D eigenvalue weighted by atomic mass is 10.2. The highest BCUT2D eigenvalue weighted by Gasteiger charge is 2.09. The molecule has 0 unspecified atom stereocenters. The Labute approximate surface area is 110 Å². The maximum absolute atomic E-state index is 13.2. The first kappa shape index (κ1) is 14.4. The van der Waals surface area contributed by atoms with Gasteiger partial charge in [-0.1, -0.05) is 0 Å². The van der Waals surface area contributed by atoms with Crippen LogP contribution in [0.2, 0.25) is 0 Å². The molecule has 0 aliphatic heterocycles. The maximum atomic E-state index is 13.2. The van der Waals surface area contributed by atoms with Gasteiger partial charge >= 0.3 is 12.0 Å². The summed E-state index contributed by atoms with van der Waals surface area (Å²) in [6, 6.07) is 1.85. The second-order valence-corrected chi connectivity index (χ2v) is 4.17. The third-order valence-corrected chi connectivity index (χ3v) is 2.48. The van der Waals surface area contributed by atoms with Crippen LogP contribution in [0.1, 0.15) is 5.56 Å². The van der Waals surface area contributed by atoms with Gasteiger partial charge in [0, 0.05) is 5.69 Å². The minimum absolute atomic E-state index is 0.257. The molecule has 18 heavy (non-hydrogen) atoms. The van der Waals surface area contributed by atoms with Crippen LogP contribution in [0.25, 0.3) is 0 Å². The van der Waals surface area contributed by atoms with Crippen LogP contribution in [0.4, 0.5) is 14.9 Å². The number of aliphatic carboxylic acids is 1. The number of urea groups is 1. The van der Waals surface area contributed by atoms with Gasteiger partial charge in [-0.15, -0.1) is 0 Å². The molecule has 2 amide bonds. The molecular formula is C10H10BrFN2O4. The molecule has 1 aromatic rings. The summed E-state index contributed by atoms with van der Waals surface area (Å²) >= 11 is 3.01. The van der Waals surface area contributed by atoms with Crippen LogP contribution in [-0.4, -0.2) is 23.7 Å². The monoisotopic (exact) mass is 320 g/mol. The Morgan fingerprint density at radius 2 is 2.17 bits per heavy atom. The zero-order chi connectivity index (χ0) is 13.7. The number of hydrogen-bond donors (Lipinski definition) is 3. The van der Waals surface area contributed by atoms with Crippen LogP contribution in [0.5, 0.6) is 0 Å². The van der Waals surface area contributed by atoms with Crippen LogP contribution >= 0.6 is 15.9 Å². The molecule has 0 saturated carbocycles. The van der Waals surface area contributed by atoms with E-state index in [9.17, 15) is 14.0 Å². The quantitative estimate of drug-likeness (QED) is 0.741. The van der Waals surface area contributed by atoms with Crippen molar-refractivity contribution in [1.82, 2.24) is 5.48 Å². The molecule has 8 heteroatoms. The Balaban J connectivity index is 2.59. The van der Waals surface area contributed by atoms with Gasteiger partial charge in [0.15, 0.2) is 6.61 Å². The van der Waals surface area contributed by atoms with Gasteiger partial charge in [-0.2, -0.15) is 0 Å². The number of hydrogen-bond acceptors (Lipinski definition) is 3. The number of halogens is 2. The SMILES string of the molecule is Cc1cc(Br)c(F)cc1NC(=O)NOCC(=O)O. The third kappa shape index (κ3) is 4.30. The highest BCUT2D eigenvalue weighted by molar-refractivity contribution is 9.10. The van der Waals surface area contributed by atoms with E-state index < -0.39 is 24.4 Å². The summed E-state index contributed by atoms with van der Waals surface area (Å²) in [6.45, 7) is 1.01. The van der Waals surface area contributed by atoms with Gasteiger partial charge in [-0.25, -0.2) is 19.5 Å². The van der Waals surface area contributed by atoms with Gasteiger partial charge in [-0.3, -0.25) is 4.84 Å². The Kier molecular flexibility index (Phi) is 5.05. The van der Waals surface area contributed by atoms with E-state index in [-0.39, 0.29) is 10.2 Å². The van der Waals surface area contributed by atoms with Crippen molar-refractivity contribution in [2.45, 2.75) is 6.92 Å². The predicted molar refractivity (Wildman–Crippen MR) is 64.6 cm³/mol. The van der Waals surface area contributed by atoms with Crippen LogP contribution in [0.15, 0.2) is 16.6 Å². The lowest BCUT2D eigenvalue weighted by molar-refractivity contribution is -0.143. The molecule has 0 aromatic heterocycles. The predicted octanol–water partition coefficient (Wildman–Crippen LogP) is 2.03. The fraction of sp³-hybridized carbons (Fsp3) is 0.200. The Hall–Kier alpha value is -1.67. The fourth-order valence-corrected chi connectivity index (χ4v) is 1.55. The molecule has 98 valence electrons. The molecular weight excluding hydrogens is 311 g/mol. The van der Waals surface area contributed by atoms with E-state index in [4.69, 9.17) is 5.11 Å². The first-order valence-corrected chi connectivity index (χ1v) is 5.55. The molecule has 0 radical (unpaired) electrons. The van der Waals surface area contributed by atoms with Gasteiger partial charge in [0.25, 0.3) is 0 Å². The number of anilines is 1. The van der Waals surface area contributed by atoms with Crippen molar-refractivity contribution in [1.29, 1.82) is 0 Å². The molecule has 0 atom stereocenters. The normalized spacial score (nSPS) is 9.94. The molecule has 0 aliphatic rings. The number of hydroxylamine groups is 1. The lowest BCUT2D eigenvalue weighted by Gasteiger charge is -2.10. The van der Waals surface area contributed by atoms with Crippen molar-refractivity contribution >= 4 is 33.6 Å². The molecule has 6 nitrogen and oxygen atoms in total. The molecule has 0 bridgehead atoms. The number of aryl methyl sites for hydroxylation is 1. The number of benzene rings is 1. The van der Waals surface area contributed by atoms with Gasteiger partial charge in [0.05, 0.1) is 4.47 Å². The number of carbonyl (C=O) groups is 2. The van der Waals surface area contributed by atoms with E-state index >= 15 is 0 Å². The van der Waals surface area contributed by atoms with E-state index in [1.807, 2.05) is 5.48 Å². The summed E-state index contributed by atoms with van der Waals surface area (Å²) in [4.78, 5) is 25.8. The molecule has 0 fully saturated rings. The average Bonchev–Trinajstić information content (AvgIpc) is 2.25. The number of carbonyl (C=O) groups excluding carboxylic acids is 1. The maximum Gasteiger partial charge on any atom is 0.343 e. The van der Waals surface area contributed by atoms with Gasteiger partial charge in [-0.05, 0) is 40.5 Å². The molecule has 3 N–H and O–H groups in total. The topological polar surface area (TPSA) is 87.7 Å². The van der Waals surface area contributed by atoms with Gasteiger partial charge in [0.2, 0.25) is 0 Å². The van der Waals surface area contributed by atoms with Crippen molar-refractivity contribution in [2.24, 2.45) is 0 Å². The summed E-state index contributed by atoms with van der Waals surface area (Å²) in [5, 5.41) is 10.6. The van der Waals surface area contributed by atoms with Crippen molar-refractivity contribution in [3.63, 3.8) is 0 Å². The molecule has 0 saturated heterocycles. The molecule has 1 aromatic carbocycles. The lowest BCUT2D eigenvalue weighted by Crippen LogP contribution is -2.31. The second-order valence-electron chi connectivity index (χ2n) is 3.32. The Bertz CT molecular complexity index is 481. The third-order valence-electron chi connectivity index (χ3n) is 1.88. The molecule has 0 spiro atoms. The van der Waals surface area contributed by atoms with Crippen LogP contribution in [0, 0.1) is 12.7 Å². The van der Waals surface area contributed by atoms with E-state index in [0.29, 0.717) is 5.56 Å². The van der Waals surface area contributed by atoms with Crippen LogP contribution in [0.3, 0.4) is 0 Å². The first-order chi connectivity index (χ1) is 8.40. The van der Waals surface area contributed by atoms with Crippen molar-refractivity contribution in [3.05, 3.63) is 28.0 Å². The standard InChI is InChI=1S/C10H10BrFN2O4/c1-5-2-6(11)7(12)3-8(5)13-10(17)14-18-4-9(15)16/h2-3H,4H2,1H3,(H,15,16)(H2,13,14,17). The van der Waals surface area contributed by atoms with E-state index in [1.54, 1.807) is 6.92 Å². The van der Waals surface area contributed by atoms with E-state index in [0.717, 1.165) is 6.07 Å². The van der Waals surface area contributed by atoms with E-state index in [1.165, 1.54) is 6.07 Å². The number of carboxylic acid groups (broad SMARTS) is 1. The minimum Gasteiger partial charge on any atom is -0.479 e. The summed E-state index contributed by atoms with van der Waals surface area (Å²) in [7, 11) is 0. The fourth-order valence-electron chi connectivity index (χ4n) is 1.09. The Morgan fingerprint density at radius 3 is 2.78 bits per heavy atom. The molecule has 0 heterocycles. The molecule has 0 aliphatic carbocycles. The second kappa shape index (κ2) is 6.31. The molecule has 1 rings (SSSR count). The summed E-state index contributed by atoms with van der Waals surface area (Å²) in [6.07, 6.45) is 0. The highest BCUT2D eigenvalue weighted by Crippen LogP contribution is 2.23. The van der Waals surface area contributed by atoms with Crippen molar-refractivity contribution in [2.75, 3.05) is 11.9 Å².